The summed E-state index contributed by atoms with van der Waals surface area (Å²) in [4.78, 5) is 38.2. The predicted octanol–water partition coefficient (Wildman–Crippen LogP) is 5.11. The number of aliphatic carboxylic acids is 1. The minimum absolute atomic E-state index is 0.0222. The number of benzene rings is 3. The number of amides is 1. The van der Waals surface area contributed by atoms with Gasteiger partial charge in [0.15, 0.2) is 6.29 Å². The summed E-state index contributed by atoms with van der Waals surface area (Å²) in [5.74, 6) is -0.869. The first kappa shape index (κ1) is 35.0. The zero-order chi connectivity index (χ0) is 33.9. The van der Waals surface area contributed by atoms with E-state index in [0.717, 1.165) is 60.7 Å². The summed E-state index contributed by atoms with van der Waals surface area (Å²) < 4.78 is 13.1. The van der Waals surface area contributed by atoms with Gasteiger partial charge in [0.05, 0.1) is 23.7 Å². The third-order valence-electron chi connectivity index (χ3n) is 8.91. The molecule has 3 aromatic carbocycles. The lowest BCUT2D eigenvalue weighted by Gasteiger charge is -2.41. The standard InChI is InChI=1S/C36H44N4O8/c41-25-27-8-10-28(11-9-27)33-22-32(24-38-18-20-39(21-19-38)30-14-16-31(17-15-30)40(45)46)47-36(48-33)29-12-6-26(7-13-29)23-37-34(42)4-2-1-3-5-35(43)44/h6-17,32-33,36,41H,1-5,18-25H2,(H,37,42)(H,43,44)/t32-,33+,36+/m1/s1. The third kappa shape index (κ3) is 10.1. The van der Waals surface area contributed by atoms with Crippen molar-refractivity contribution < 1.29 is 34.2 Å². The number of carbonyl (C=O) groups is 2. The van der Waals surface area contributed by atoms with Crippen LogP contribution in [0.25, 0.3) is 0 Å². The van der Waals surface area contributed by atoms with Crippen LogP contribution in [-0.4, -0.2) is 70.7 Å². The number of carbonyl (C=O) groups excluding carboxylic acids is 1. The largest absolute Gasteiger partial charge is 0.481 e. The SMILES string of the molecule is O=C(O)CCCCCC(=O)NCc1ccc([C@H]2O[C@@H](CN3CCN(c4ccc([N+](=O)[O-])cc4)CC3)C[C@@H](c3ccc(CO)cc3)O2)cc1. The molecule has 3 atom stereocenters. The van der Waals surface area contributed by atoms with Gasteiger partial charge in [-0.1, -0.05) is 55.0 Å². The smallest absolute Gasteiger partial charge is 0.303 e. The highest BCUT2D eigenvalue weighted by molar-refractivity contribution is 5.75. The van der Waals surface area contributed by atoms with E-state index in [1.165, 1.54) is 0 Å². The molecule has 256 valence electrons. The van der Waals surface area contributed by atoms with E-state index in [-0.39, 0.29) is 41.8 Å². The number of nitrogens with one attached hydrogen (secondary N) is 1. The number of nitro benzene ring substituents is 1. The lowest BCUT2D eigenvalue weighted by atomic mass is 9.99. The van der Waals surface area contributed by atoms with E-state index in [2.05, 4.69) is 15.1 Å². The Hall–Kier alpha value is -4.36. The highest BCUT2D eigenvalue weighted by atomic mass is 16.7. The molecule has 2 heterocycles. The molecule has 0 bridgehead atoms. The number of ether oxygens (including phenoxy) is 2. The second kappa shape index (κ2) is 17.2. The van der Waals surface area contributed by atoms with Gasteiger partial charge in [-0.25, -0.2) is 0 Å². The molecule has 0 aliphatic carbocycles. The van der Waals surface area contributed by atoms with Crippen LogP contribution in [0.15, 0.2) is 72.8 Å². The number of hydrogen-bond acceptors (Lipinski definition) is 9. The Kier molecular flexibility index (Phi) is 12.5. The lowest BCUT2D eigenvalue weighted by Crippen LogP contribution is -2.49. The summed E-state index contributed by atoms with van der Waals surface area (Å²) in [5.41, 5.74) is 4.76. The summed E-state index contributed by atoms with van der Waals surface area (Å²) in [6.45, 7) is 4.39. The van der Waals surface area contributed by atoms with Crippen LogP contribution in [0.3, 0.4) is 0 Å². The average molecular weight is 661 g/mol. The Balaban J connectivity index is 1.17. The fourth-order valence-corrected chi connectivity index (χ4v) is 6.12. The van der Waals surface area contributed by atoms with E-state index >= 15 is 0 Å². The molecule has 12 heteroatoms. The molecule has 2 aliphatic rings. The van der Waals surface area contributed by atoms with E-state index < -0.39 is 12.3 Å². The minimum Gasteiger partial charge on any atom is -0.481 e. The number of anilines is 1. The molecule has 2 fully saturated rings. The molecule has 48 heavy (non-hydrogen) atoms. The number of carboxylic acids is 1. The van der Waals surface area contributed by atoms with Crippen LogP contribution in [0.1, 0.15) is 73.2 Å². The van der Waals surface area contributed by atoms with Crippen LogP contribution in [0.4, 0.5) is 11.4 Å². The first-order valence-electron chi connectivity index (χ1n) is 16.6. The number of aliphatic hydroxyl groups is 1. The summed E-state index contributed by atoms with van der Waals surface area (Å²) in [6.07, 6.45) is 2.25. The fourth-order valence-electron chi connectivity index (χ4n) is 6.12. The summed E-state index contributed by atoms with van der Waals surface area (Å²) in [7, 11) is 0. The number of unbranched alkanes of at least 4 members (excludes halogenated alkanes) is 2. The van der Waals surface area contributed by atoms with Crippen molar-refractivity contribution in [3.63, 3.8) is 0 Å². The Morgan fingerprint density at radius 1 is 0.833 bits per heavy atom. The Morgan fingerprint density at radius 2 is 1.48 bits per heavy atom. The zero-order valence-corrected chi connectivity index (χ0v) is 27.0. The van der Waals surface area contributed by atoms with Crippen molar-refractivity contribution in [3.05, 3.63) is 105 Å². The lowest BCUT2D eigenvalue weighted by molar-refractivity contribution is -0.384. The molecule has 0 radical (unpaired) electrons. The number of nitrogens with zero attached hydrogens (tertiary/aromatic N) is 3. The summed E-state index contributed by atoms with van der Waals surface area (Å²) in [6, 6.07) is 22.4. The van der Waals surface area contributed by atoms with Gasteiger partial charge in [0.25, 0.3) is 5.69 Å². The first-order chi connectivity index (χ1) is 23.3. The molecule has 12 nitrogen and oxygen atoms in total. The van der Waals surface area contributed by atoms with Gasteiger partial charge in [0.2, 0.25) is 5.91 Å². The van der Waals surface area contributed by atoms with Gasteiger partial charge < -0.3 is 29.9 Å². The van der Waals surface area contributed by atoms with Crippen molar-refractivity contribution in [2.45, 2.75) is 70.2 Å². The topological polar surface area (TPSA) is 155 Å². The van der Waals surface area contributed by atoms with Crippen molar-refractivity contribution in [2.75, 3.05) is 37.6 Å². The Bertz CT molecular complexity index is 1490. The van der Waals surface area contributed by atoms with E-state index in [4.69, 9.17) is 14.6 Å². The van der Waals surface area contributed by atoms with E-state index in [1.807, 2.05) is 48.5 Å². The highest BCUT2D eigenvalue weighted by Crippen LogP contribution is 2.38. The van der Waals surface area contributed by atoms with Gasteiger partial charge in [0.1, 0.15) is 0 Å². The number of non-ortho nitro benzene ring substituents is 1. The number of rotatable bonds is 15. The van der Waals surface area contributed by atoms with Crippen LogP contribution in [0, 0.1) is 10.1 Å². The maximum atomic E-state index is 12.3. The molecule has 3 aromatic rings. The normalized spacial score (nSPS) is 19.9. The van der Waals surface area contributed by atoms with Crippen molar-refractivity contribution >= 4 is 23.3 Å². The quantitative estimate of drug-likeness (QED) is 0.114. The zero-order valence-electron chi connectivity index (χ0n) is 27.0. The number of aliphatic hydroxyl groups excluding tert-OH is 1. The van der Waals surface area contributed by atoms with Crippen molar-refractivity contribution in [3.8, 4) is 0 Å². The van der Waals surface area contributed by atoms with Crippen LogP contribution >= 0.6 is 0 Å². The molecular weight excluding hydrogens is 616 g/mol. The van der Waals surface area contributed by atoms with Gasteiger partial charge in [-0.15, -0.1) is 0 Å². The van der Waals surface area contributed by atoms with E-state index in [1.54, 1.807) is 24.3 Å². The third-order valence-corrected chi connectivity index (χ3v) is 8.91. The molecule has 3 N–H and O–H groups in total. The molecular formula is C36H44N4O8. The monoisotopic (exact) mass is 660 g/mol. The van der Waals surface area contributed by atoms with E-state index in [0.29, 0.717) is 38.6 Å². The number of piperazine rings is 1. The number of carboxylic acid groups (broad SMARTS) is 1. The molecule has 5 rings (SSSR count). The van der Waals surface area contributed by atoms with Gasteiger partial charge in [-0.05, 0) is 41.7 Å². The van der Waals surface area contributed by atoms with Crippen molar-refractivity contribution in [1.82, 2.24) is 10.2 Å². The summed E-state index contributed by atoms with van der Waals surface area (Å²) in [5, 5.41) is 32.2. The van der Waals surface area contributed by atoms with Gasteiger partial charge in [-0.3, -0.25) is 24.6 Å². The highest BCUT2D eigenvalue weighted by Gasteiger charge is 2.34. The number of hydrogen-bond donors (Lipinski definition) is 3. The van der Waals surface area contributed by atoms with Crippen LogP contribution in [0.2, 0.25) is 0 Å². The molecule has 1 amide bonds. The second-order valence-corrected chi connectivity index (χ2v) is 12.4. The molecule has 0 unspecified atom stereocenters. The van der Waals surface area contributed by atoms with Crippen molar-refractivity contribution in [2.24, 2.45) is 0 Å². The molecule has 0 aromatic heterocycles. The first-order valence-corrected chi connectivity index (χ1v) is 16.6. The van der Waals surface area contributed by atoms with Crippen LogP contribution < -0.4 is 10.2 Å². The average Bonchev–Trinajstić information content (AvgIpc) is 3.11. The predicted molar refractivity (Wildman–Crippen MR) is 179 cm³/mol. The maximum Gasteiger partial charge on any atom is 0.303 e. The molecule has 2 saturated heterocycles. The Morgan fingerprint density at radius 3 is 2.12 bits per heavy atom. The van der Waals surface area contributed by atoms with Crippen LogP contribution in [-0.2, 0) is 32.2 Å². The van der Waals surface area contributed by atoms with Crippen molar-refractivity contribution in [1.29, 1.82) is 0 Å². The Labute approximate surface area is 280 Å². The van der Waals surface area contributed by atoms with Gasteiger partial charge in [-0.2, -0.15) is 0 Å². The summed E-state index contributed by atoms with van der Waals surface area (Å²) >= 11 is 0. The van der Waals surface area contributed by atoms with E-state index in [9.17, 15) is 24.8 Å². The van der Waals surface area contributed by atoms with Gasteiger partial charge in [0, 0.05) is 81.9 Å². The second-order valence-electron chi connectivity index (χ2n) is 12.4. The van der Waals surface area contributed by atoms with Gasteiger partial charge >= 0.3 is 5.97 Å². The fraction of sp³-hybridized carbons (Fsp3) is 0.444. The minimum atomic E-state index is -0.813. The van der Waals surface area contributed by atoms with Crippen LogP contribution in [0.5, 0.6) is 0 Å². The maximum absolute atomic E-state index is 12.3. The number of nitro groups is 1. The molecule has 0 saturated carbocycles. The molecule has 2 aliphatic heterocycles. The molecule has 0 spiro atoms.